The van der Waals surface area contributed by atoms with E-state index in [-0.39, 0.29) is 6.04 Å². The van der Waals surface area contributed by atoms with Gasteiger partial charge in [0.1, 0.15) is 17.4 Å². The first-order valence-corrected chi connectivity index (χ1v) is 6.84. The maximum absolute atomic E-state index is 5.17. The highest BCUT2D eigenvalue weighted by Crippen LogP contribution is 2.21. The fourth-order valence-electron chi connectivity index (χ4n) is 1.99. The Morgan fingerprint density at radius 3 is 2.45 bits per heavy atom. The molecule has 0 aliphatic rings. The molecule has 2 rings (SSSR count). The number of nitrogens with zero attached hydrogens (tertiary/aromatic N) is 1. The standard InChI is InChI=1S/C16H21N3O/c1-4-17-15-6-5-7-16(19-15)18-12(2)13-8-10-14(20-3)11-9-13/h5-12H,4H2,1-3H3,(H2,17,18,19). The zero-order chi connectivity index (χ0) is 14.4. The van der Waals surface area contributed by atoms with E-state index < -0.39 is 0 Å². The fraction of sp³-hybridized carbons (Fsp3) is 0.312. The van der Waals surface area contributed by atoms with Gasteiger partial charge >= 0.3 is 0 Å². The highest BCUT2D eigenvalue weighted by molar-refractivity contribution is 5.46. The summed E-state index contributed by atoms with van der Waals surface area (Å²) in [6.45, 7) is 5.04. The maximum Gasteiger partial charge on any atom is 0.128 e. The highest BCUT2D eigenvalue weighted by Gasteiger charge is 2.06. The van der Waals surface area contributed by atoms with Gasteiger partial charge in [0.25, 0.3) is 0 Å². The van der Waals surface area contributed by atoms with Gasteiger partial charge in [-0.25, -0.2) is 4.98 Å². The Hall–Kier alpha value is -2.23. The van der Waals surface area contributed by atoms with Crippen LogP contribution in [-0.2, 0) is 0 Å². The fourth-order valence-corrected chi connectivity index (χ4v) is 1.99. The summed E-state index contributed by atoms with van der Waals surface area (Å²) in [4.78, 5) is 4.51. The molecule has 0 aliphatic carbocycles. The molecule has 2 aromatic rings. The number of aromatic nitrogens is 1. The third kappa shape index (κ3) is 3.63. The Labute approximate surface area is 120 Å². The number of benzene rings is 1. The lowest BCUT2D eigenvalue weighted by Gasteiger charge is -2.16. The molecule has 1 aromatic heterocycles. The normalized spacial score (nSPS) is 11.8. The van der Waals surface area contributed by atoms with Crippen LogP contribution in [-0.4, -0.2) is 18.6 Å². The number of ether oxygens (including phenoxy) is 1. The van der Waals surface area contributed by atoms with E-state index in [0.29, 0.717) is 0 Å². The van der Waals surface area contributed by atoms with Crippen LogP contribution < -0.4 is 15.4 Å². The summed E-state index contributed by atoms with van der Waals surface area (Å²) in [6, 6.07) is 14.2. The van der Waals surface area contributed by atoms with Crippen molar-refractivity contribution in [3.63, 3.8) is 0 Å². The average molecular weight is 271 g/mol. The molecular formula is C16H21N3O. The molecule has 0 saturated heterocycles. The van der Waals surface area contributed by atoms with Crippen LogP contribution in [0.5, 0.6) is 5.75 Å². The molecule has 1 heterocycles. The van der Waals surface area contributed by atoms with Crippen LogP contribution in [0.3, 0.4) is 0 Å². The van der Waals surface area contributed by atoms with Crippen LogP contribution in [0, 0.1) is 0 Å². The first-order valence-electron chi connectivity index (χ1n) is 6.84. The second-order valence-electron chi connectivity index (χ2n) is 4.58. The SMILES string of the molecule is CCNc1cccc(NC(C)c2ccc(OC)cc2)n1. The molecule has 0 radical (unpaired) electrons. The Morgan fingerprint density at radius 2 is 1.80 bits per heavy atom. The van der Waals surface area contributed by atoms with Crippen LogP contribution in [0.15, 0.2) is 42.5 Å². The van der Waals surface area contributed by atoms with Crippen molar-refractivity contribution in [3.8, 4) is 5.75 Å². The number of rotatable bonds is 6. The minimum atomic E-state index is 0.185. The molecule has 0 amide bonds. The summed E-state index contributed by atoms with van der Waals surface area (Å²) in [5, 5.41) is 6.61. The predicted molar refractivity (Wildman–Crippen MR) is 83.4 cm³/mol. The van der Waals surface area contributed by atoms with E-state index in [1.165, 1.54) is 5.56 Å². The Bertz CT molecular complexity index is 540. The molecule has 1 unspecified atom stereocenters. The van der Waals surface area contributed by atoms with E-state index in [9.17, 15) is 0 Å². The molecule has 1 aromatic carbocycles. The highest BCUT2D eigenvalue weighted by atomic mass is 16.5. The number of anilines is 2. The van der Waals surface area contributed by atoms with E-state index in [0.717, 1.165) is 23.9 Å². The second kappa shape index (κ2) is 6.80. The summed E-state index contributed by atoms with van der Waals surface area (Å²) in [7, 11) is 1.67. The summed E-state index contributed by atoms with van der Waals surface area (Å²) in [5.74, 6) is 2.62. The van der Waals surface area contributed by atoms with Crippen molar-refractivity contribution in [1.82, 2.24) is 4.98 Å². The first-order chi connectivity index (χ1) is 9.72. The molecule has 0 fully saturated rings. The van der Waals surface area contributed by atoms with E-state index in [1.54, 1.807) is 7.11 Å². The topological polar surface area (TPSA) is 46.2 Å². The van der Waals surface area contributed by atoms with Gasteiger partial charge in [0.05, 0.1) is 7.11 Å². The van der Waals surface area contributed by atoms with Crippen LogP contribution in [0.1, 0.15) is 25.5 Å². The van der Waals surface area contributed by atoms with Gasteiger partial charge in [-0.2, -0.15) is 0 Å². The van der Waals surface area contributed by atoms with Crippen LogP contribution in [0.2, 0.25) is 0 Å². The zero-order valence-electron chi connectivity index (χ0n) is 12.2. The Kier molecular flexibility index (Phi) is 4.82. The van der Waals surface area contributed by atoms with E-state index >= 15 is 0 Å². The third-order valence-electron chi connectivity index (χ3n) is 3.09. The van der Waals surface area contributed by atoms with Gasteiger partial charge < -0.3 is 15.4 Å². The Balaban J connectivity index is 2.06. The van der Waals surface area contributed by atoms with Gasteiger partial charge in [-0.1, -0.05) is 18.2 Å². The van der Waals surface area contributed by atoms with Gasteiger partial charge in [-0.3, -0.25) is 0 Å². The van der Waals surface area contributed by atoms with Crippen molar-refractivity contribution in [2.24, 2.45) is 0 Å². The lowest BCUT2D eigenvalue weighted by Crippen LogP contribution is -2.09. The molecule has 2 N–H and O–H groups in total. The molecule has 20 heavy (non-hydrogen) atoms. The summed E-state index contributed by atoms with van der Waals surface area (Å²) in [5.41, 5.74) is 1.20. The predicted octanol–water partition coefficient (Wildman–Crippen LogP) is 3.70. The van der Waals surface area contributed by atoms with Crippen molar-refractivity contribution in [3.05, 3.63) is 48.0 Å². The molecule has 0 saturated carbocycles. The summed E-state index contributed by atoms with van der Waals surface area (Å²) in [6.07, 6.45) is 0. The number of nitrogens with one attached hydrogen (secondary N) is 2. The quantitative estimate of drug-likeness (QED) is 0.841. The third-order valence-corrected chi connectivity index (χ3v) is 3.09. The minimum absolute atomic E-state index is 0.185. The largest absolute Gasteiger partial charge is 0.497 e. The van der Waals surface area contributed by atoms with Crippen molar-refractivity contribution in [2.75, 3.05) is 24.3 Å². The molecule has 0 aliphatic heterocycles. The van der Waals surface area contributed by atoms with Crippen molar-refractivity contribution >= 4 is 11.6 Å². The second-order valence-corrected chi connectivity index (χ2v) is 4.58. The molecule has 0 bridgehead atoms. The molecule has 0 spiro atoms. The molecule has 4 nitrogen and oxygen atoms in total. The van der Waals surface area contributed by atoms with E-state index in [2.05, 4.69) is 41.6 Å². The lowest BCUT2D eigenvalue weighted by molar-refractivity contribution is 0.414. The van der Waals surface area contributed by atoms with Crippen LogP contribution in [0.4, 0.5) is 11.6 Å². The van der Waals surface area contributed by atoms with Crippen molar-refractivity contribution in [2.45, 2.75) is 19.9 Å². The zero-order valence-corrected chi connectivity index (χ0v) is 12.2. The van der Waals surface area contributed by atoms with E-state index in [4.69, 9.17) is 4.74 Å². The van der Waals surface area contributed by atoms with Gasteiger partial charge in [0.15, 0.2) is 0 Å². The number of pyridine rings is 1. The van der Waals surface area contributed by atoms with Crippen LogP contribution >= 0.6 is 0 Å². The minimum Gasteiger partial charge on any atom is -0.497 e. The average Bonchev–Trinajstić information content (AvgIpc) is 2.48. The maximum atomic E-state index is 5.17. The van der Waals surface area contributed by atoms with Gasteiger partial charge in [-0.15, -0.1) is 0 Å². The van der Waals surface area contributed by atoms with Gasteiger partial charge in [0.2, 0.25) is 0 Å². The molecule has 4 heteroatoms. The molecule has 106 valence electrons. The number of methoxy groups -OCH3 is 1. The first kappa shape index (κ1) is 14.2. The molecule has 1 atom stereocenters. The summed E-state index contributed by atoms with van der Waals surface area (Å²) < 4.78 is 5.17. The van der Waals surface area contributed by atoms with E-state index in [1.807, 2.05) is 30.3 Å². The number of hydrogen-bond acceptors (Lipinski definition) is 4. The van der Waals surface area contributed by atoms with Crippen molar-refractivity contribution < 1.29 is 4.74 Å². The smallest absolute Gasteiger partial charge is 0.128 e. The summed E-state index contributed by atoms with van der Waals surface area (Å²) >= 11 is 0. The Morgan fingerprint density at radius 1 is 1.10 bits per heavy atom. The van der Waals surface area contributed by atoms with Crippen LogP contribution in [0.25, 0.3) is 0 Å². The number of hydrogen-bond donors (Lipinski definition) is 2. The van der Waals surface area contributed by atoms with Crippen molar-refractivity contribution in [1.29, 1.82) is 0 Å². The monoisotopic (exact) mass is 271 g/mol. The van der Waals surface area contributed by atoms with Gasteiger partial charge in [0, 0.05) is 12.6 Å². The molecular weight excluding hydrogens is 250 g/mol. The lowest BCUT2D eigenvalue weighted by atomic mass is 10.1. The van der Waals surface area contributed by atoms with Gasteiger partial charge in [-0.05, 0) is 43.7 Å².